The van der Waals surface area contributed by atoms with Gasteiger partial charge in [-0.15, -0.1) is 5.10 Å². The first-order chi connectivity index (χ1) is 12.7. The third-order valence-corrected chi connectivity index (χ3v) is 5.32. The zero-order chi connectivity index (χ0) is 18.0. The van der Waals surface area contributed by atoms with Gasteiger partial charge in [-0.1, -0.05) is 54.7 Å². The maximum absolute atomic E-state index is 4.46. The van der Waals surface area contributed by atoms with Gasteiger partial charge in [0.15, 0.2) is 5.82 Å². The normalized spacial score (nSPS) is 16.4. The molecule has 0 radical (unpaired) electrons. The van der Waals surface area contributed by atoms with E-state index in [4.69, 9.17) is 0 Å². The van der Waals surface area contributed by atoms with E-state index in [2.05, 4.69) is 83.2 Å². The largest absolute Gasteiger partial charge is 0.373 e. The van der Waals surface area contributed by atoms with E-state index in [1.165, 1.54) is 30.4 Å². The molecule has 26 heavy (non-hydrogen) atoms. The maximum Gasteiger partial charge on any atom is 0.181 e. The second kappa shape index (κ2) is 6.90. The number of nitrogens with one attached hydrogen (secondary N) is 1. The number of aromatic nitrogens is 4. The second-order valence-corrected chi connectivity index (χ2v) is 7.38. The summed E-state index contributed by atoms with van der Waals surface area (Å²) >= 11 is 0. The quantitative estimate of drug-likeness (QED) is 0.752. The van der Waals surface area contributed by atoms with Gasteiger partial charge in [0.1, 0.15) is 0 Å². The molecule has 0 amide bonds. The zero-order valence-corrected chi connectivity index (χ0v) is 15.4. The van der Waals surface area contributed by atoms with E-state index in [-0.39, 0.29) is 5.54 Å². The molecule has 0 spiro atoms. The van der Waals surface area contributed by atoms with Crippen molar-refractivity contribution in [3.05, 3.63) is 65.5 Å². The summed E-state index contributed by atoms with van der Waals surface area (Å²) in [5.74, 6) is 0.904. The summed E-state index contributed by atoms with van der Waals surface area (Å²) in [4.78, 5) is 0. The van der Waals surface area contributed by atoms with Crippen molar-refractivity contribution in [1.29, 1.82) is 0 Å². The Morgan fingerprint density at radius 1 is 0.846 bits per heavy atom. The molecule has 3 aromatic rings. The third-order valence-electron chi connectivity index (χ3n) is 5.32. The molecule has 1 heterocycles. The highest BCUT2D eigenvalue weighted by molar-refractivity contribution is 5.48. The fraction of sp³-hybridized carbons (Fsp3) is 0.381. The van der Waals surface area contributed by atoms with Crippen molar-refractivity contribution in [3.63, 3.8) is 0 Å². The predicted octanol–water partition coefficient (Wildman–Crippen LogP) is 4.55. The summed E-state index contributed by atoms with van der Waals surface area (Å²) in [6, 6.07) is 16.9. The molecule has 0 saturated heterocycles. The summed E-state index contributed by atoms with van der Waals surface area (Å²) < 4.78 is 1.89. The molecule has 1 fully saturated rings. The van der Waals surface area contributed by atoms with Crippen LogP contribution < -0.4 is 5.32 Å². The van der Waals surface area contributed by atoms with E-state index in [0.717, 1.165) is 30.0 Å². The van der Waals surface area contributed by atoms with Crippen LogP contribution in [0.3, 0.4) is 0 Å². The Kier molecular flexibility index (Phi) is 4.45. The van der Waals surface area contributed by atoms with E-state index < -0.39 is 0 Å². The molecule has 4 rings (SSSR count). The van der Waals surface area contributed by atoms with Gasteiger partial charge in [-0.2, -0.15) is 4.68 Å². The Morgan fingerprint density at radius 3 is 2.12 bits per heavy atom. The molecule has 1 aliphatic carbocycles. The van der Waals surface area contributed by atoms with E-state index >= 15 is 0 Å². The fourth-order valence-corrected chi connectivity index (χ4v) is 3.82. The summed E-state index contributed by atoms with van der Waals surface area (Å²) in [6.45, 7) is 4.20. The minimum atomic E-state index is -0.234. The molecule has 0 aliphatic heterocycles. The van der Waals surface area contributed by atoms with Gasteiger partial charge in [-0.05, 0) is 61.4 Å². The topological polar surface area (TPSA) is 55.6 Å². The number of hydrogen-bond acceptors (Lipinski definition) is 4. The SMILES string of the molecule is Cc1ccc(NC2(c3nnnn3-c3ccc(C)cc3)CCCCC2)cc1. The minimum absolute atomic E-state index is 0.234. The van der Waals surface area contributed by atoms with E-state index in [9.17, 15) is 0 Å². The molecule has 0 bridgehead atoms. The van der Waals surface area contributed by atoms with Crippen LogP contribution in [0.25, 0.3) is 5.69 Å². The van der Waals surface area contributed by atoms with Crippen molar-refractivity contribution in [2.75, 3.05) is 5.32 Å². The molecule has 0 unspecified atom stereocenters. The molecular weight excluding hydrogens is 322 g/mol. The standard InChI is InChI=1S/C21H25N5/c1-16-6-10-18(11-7-16)22-21(14-4-3-5-15-21)20-23-24-25-26(20)19-12-8-17(2)9-13-19/h6-13,22H,3-5,14-15H2,1-2H3. The molecule has 1 aromatic heterocycles. The highest BCUT2D eigenvalue weighted by Gasteiger charge is 2.39. The van der Waals surface area contributed by atoms with Crippen LogP contribution in [0.2, 0.25) is 0 Å². The molecule has 1 N–H and O–H groups in total. The van der Waals surface area contributed by atoms with Gasteiger partial charge in [0.05, 0.1) is 11.2 Å². The van der Waals surface area contributed by atoms with Crippen LogP contribution in [0.4, 0.5) is 5.69 Å². The van der Waals surface area contributed by atoms with Crippen molar-refractivity contribution in [2.24, 2.45) is 0 Å². The van der Waals surface area contributed by atoms with Gasteiger partial charge in [0, 0.05) is 5.69 Å². The van der Waals surface area contributed by atoms with Crippen molar-refractivity contribution in [3.8, 4) is 5.69 Å². The van der Waals surface area contributed by atoms with Crippen LogP contribution in [-0.4, -0.2) is 20.2 Å². The average molecular weight is 347 g/mol. The summed E-state index contributed by atoms with van der Waals surface area (Å²) in [6.07, 6.45) is 5.70. The number of rotatable bonds is 4. The lowest BCUT2D eigenvalue weighted by Gasteiger charge is -2.37. The first-order valence-corrected chi connectivity index (χ1v) is 9.37. The summed E-state index contributed by atoms with van der Waals surface area (Å²) in [7, 11) is 0. The molecular formula is C21H25N5. The van der Waals surface area contributed by atoms with Gasteiger partial charge in [-0.25, -0.2) is 0 Å². The van der Waals surface area contributed by atoms with Crippen molar-refractivity contribution < 1.29 is 0 Å². The van der Waals surface area contributed by atoms with E-state index in [0.29, 0.717) is 0 Å². The zero-order valence-electron chi connectivity index (χ0n) is 15.4. The fourth-order valence-electron chi connectivity index (χ4n) is 3.82. The van der Waals surface area contributed by atoms with Crippen molar-refractivity contribution >= 4 is 5.69 Å². The van der Waals surface area contributed by atoms with E-state index in [1.54, 1.807) is 0 Å². The number of aryl methyl sites for hydroxylation is 2. The smallest absolute Gasteiger partial charge is 0.181 e. The van der Waals surface area contributed by atoms with Crippen LogP contribution in [-0.2, 0) is 5.54 Å². The average Bonchev–Trinajstić information content (AvgIpc) is 3.16. The minimum Gasteiger partial charge on any atom is -0.373 e. The highest BCUT2D eigenvalue weighted by atomic mass is 15.6. The molecule has 5 heteroatoms. The number of nitrogens with zero attached hydrogens (tertiary/aromatic N) is 4. The van der Waals surface area contributed by atoms with Gasteiger partial charge < -0.3 is 5.32 Å². The summed E-state index contributed by atoms with van der Waals surface area (Å²) in [5.41, 5.74) is 4.38. The van der Waals surface area contributed by atoms with Crippen LogP contribution in [0.1, 0.15) is 49.1 Å². The number of anilines is 1. The number of hydrogen-bond donors (Lipinski definition) is 1. The third kappa shape index (κ3) is 3.21. The predicted molar refractivity (Wildman–Crippen MR) is 103 cm³/mol. The summed E-state index contributed by atoms with van der Waals surface area (Å²) in [5, 5.41) is 16.6. The van der Waals surface area contributed by atoms with Crippen molar-refractivity contribution in [1.82, 2.24) is 20.2 Å². The van der Waals surface area contributed by atoms with Gasteiger partial charge in [-0.3, -0.25) is 0 Å². The number of benzene rings is 2. The Labute approximate surface area is 154 Å². The highest BCUT2D eigenvalue weighted by Crippen LogP contribution is 2.39. The lowest BCUT2D eigenvalue weighted by atomic mass is 9.80. The van der Waals surface area contributed by atoms with Gasteiger partial charge in [0.2, 0.25) is 0 Å². The van der Waals surface area contributed by atoms with Crippen LogP contribution in [0.5, 0.6) is 0 Å². The lowest BCUT2D eigenvalue weighted by molar-refractivity contribution is 0.309. The molecule has 1 aliphatic rings. The Balaban J connectivity index is 1.74. The monoisotopic (exact) mass is 347 g/mol. The first kappa shape index (κ1) is 16.8. The molecule has 1 saturated carbocycles. The van der Waals surface area contributed by atoms with Gasteiger partial charge >= 0.3 is 0 Å². The van der Waals surface area contributed by atoms with Crippen molar-refractivity contribution in [2.45, 2.75) is 51.5 Å². The van der Waals surface area contributed by atoms with Gasteiger partial charge in [0.25, 0.3) is 0 Å². The molecule has 0 atom stereocenters. The van der Waals surface area contributed by atoms with Crippen LogP contribution >= 0.6 is 0 Å². The second-order valence-electron chi connectivity index (χ2n) is 7.38. The number of tetrazole rings is 1. The maximum atomic E-state index is 4.46. The Bertz CT molecular complexity index is 858. The lowest BCUT2D eigenvalue weighted by Crippen LogP contribution is -2.40. The van der Waals surface area contributed by atoms with Crippen LogP contribution in [0, 0.1) is 13.8 Å². The molecule has 2 aromatic carbocycles. The molecule has 134 valence electrons. The van der Waals surface area contributed by atoms with E-state index in [1.807, 2.05) is 4.68 Å². The first-order valence-electron chi connectivity index (χ1n) is 9.37. The molecule has 5 nitrogen and oxygen atoms in total. The Morgan fingerprint density at radius 2 is 1.46 bits per heavy atom. The Hall–Kier alpha value is -2.69. The van der Waals surface area contributed by atoms with Crippen LogP contribution in [0.15, 0.2) is 48.5 Å².